The van der Waals surface area contributed by atoms with Gasteiger partial charge in [0, 0.05) is 26.1 Å². The highest BCUT2D eigenvalue weighted by Crippen LogP contribution is 2.28. The maximum Gasteiger partial charge on any atom is 0.329 e. The number of carbonyl (C=O) groups is 3. The normalized spacial score (nSPS) is 22.2. The molecule has 1 fully saturated rings. The van der Waals surface area contributed by atoms with E-state index in [2.05, 4.69) is 10.6 Å². The first-order chi connectivity index (χ1) is 9.41. The molecule has 0 saturated carbocycles. The van der Waals surface area contributed by atoms with Crippen LogP contribution in [0.3, 0.4) is 0 Å². The second kappa shape index (κ2) is 7.12. The Balaban J connectivity index is 2.52. The molecule has 0 aromatic heterocycles. The summed E-state index contributed by atoms with van der Waals surface area (Å²) in [4.78, 5) is 36.1. The molecule has 0 aromatic rings. The first kappa shape index (κ1) is 16.3. The number of hydrogen-bond acceptors (Lipinski definition) is 3. The Labute approximate surface area is 118 Å². The van der Waals surface area contributed by atoms with Gasteiger partial charge in [-0.25, -0.2) is 9.59 Å². The number of hydrogen-bond donors (Lipinski definition) is 3. The average molecular weight is 285 g/mol. The summed E-state index contributed by atoms with van der Waals surface area (Å²) in [5.41, 5.74) is -1.16. The van der Waals surface area contributed by atoms with Crippen LogP contribution < -0.4 is 10.6 Å². The summed E-state index contributed by atoms with van der Waals surface area (Å²) >= 11 is 0. The van der Waals surface area contributed by atoms with Gasteiger partial charge in [-0.1, -0.05) is 0 Å². The highest BCUT2D eigenvalue weighted by molar-refractivity contribution is 5.86. The summed E-state index contributed by atoms with van der Waals surface area (Å²) in [6.45, 7) is 4.57. The smallest absolute Gasteiger partial charge is 0.329 e. The van der Waals surface area contributed by atoms with E-state index in [1.807, 2.05) is 6.92 Å². The van der Waals surface area contributed by atoms with E-state index < -0.39 is 17.5 Å². The Morgan fingerprint density at radius 3 is 2.55 bits per heavy atom. The maximum atomic E-state index is 12.1. The molecule has 0 bridgehead atoms. The fourth-order valence-electron chi connectivity index (χ4n) is 2.33. The first-order valence-electron chi connectivity index (χ1n) is 6.97. The highest BCUT2D eigenvalue weighted by Gasteiger charge is 2.43. The second-order valence-corrected chi connectivity index (χ2v) is 5.12. The Morgan fingerprint density at radius 2 is 1.95 bits per heavy atom. The van der Waals surface area contributed by atoms with Gasteiger partial charge in [0.25, 0.3) is 0 Å². The molecule has 1 unspecified atom stereocenters. The fourth-order valence-corrected chi connectivity index (χ4v) is 2.33. The van der Waals surface area contributed by atoms with Gasteiger partial charge in [0.1, 0.15) is 5.54 Å². The molecule has 1 aliphatic rings. The lowest BCUT2D eigenvalue weighted by Crippen LogP contribution is -2.60. The zero-order valence-electron chi connectivity index (χ0n) is 12.1. The molecule has 0 radical (unpaired) electrons. The van der Waals surface area contributed by atoms with Gasteiger partial charge in [-0.15, -0.1) is 0 Å². The number of carboxylic acid groups (broad SMARTS) is 1. The van der Waals surface area contributed by atoms with Gasteiger partial charge in [-0.3, -0.25) is 4.79 Å². The molecule has 7 heteroatoms. The van der Waals surface area contributed by atoms with Crippen molar-refractivity contribution in [2.45, 2.75) is 45.1 Å². The van der Waals surface area contributed by atoms with Crippen LogP contribution in [0, 0.1) is 0 Å². The molecule has 1 heterocycles. The van der Waals surface area contributed by atoms with Crippen molar-refractivity contribution in [1.29, 1.82) is 0 Å². The molecule has 3 N–H and O–H groups in total. The Hall–Kier alpha value is -1.79. The lowest BCUT2D eigenvalue weighted by molar-refractivity contribution is -0.150. The van der Waals surface area contributed by atoms with E-state index in [4.69, 9.17) is 0 Å². The lowest BCUT2D eigenvalue weighted by atomic mass is 9.89. The number of rotatable bonds is 5. The van der Waals surface area contributed by atoms with Crippen LogP contribution in [0.5, 0.6) is 0 Å². The standard InChI is InChI=1S/C13H23N3O4/c1-3-14-10(17)6-8-15-12(20)16-9-5-4-7-13(16,2)11(18)19/h3-9H2,1-2H3,(H,14,17)(H,15,20)(H,18,19). The summed E-state index contributed by atoms with van der Waals surface area (Å²) < 4.78 is 0. The number of carboxylic acids is 1. The quantitative estimate of drug-likeness (QED) is 0.687. The SMILES string of the molecule is CCNC(=O)CCNC(=O)N1CCCCC1(C)C(=O)O. The van der Waals surface area contributed by atoms with E-state index >= 15 is 0 Å². The molecule has 1 aliphatic heterocycles. The first-order valence-corrected chi connectivity index (χ1v) is 6.97. The van der Waals surface area contributed by atoms with Gasteiger partial charge in [0.2, 0.25) is 5.91 Å². The third kappa shape index (κ3) is 3.85. The van der Waals surface area contributed by atoms with E-state index in [1.54, 1.807) is 6.92 Å². The Kier molecular flexibility index (Phi) is 5.79. The topological polar surface area (TPSA) is 98.7 Å². The van der Waals surface area contributed by atoms with Crippen LogP contribution in [0.2, 0.25) is 0 Å². The van der Waals surface area contributed by atoms with Crippen molar-refractivity contribution in [1.82, 2.24) is 15.5 Å². The van der Waals surface area contributed by atoms with E-state index in [0.717, 1.165) is 12.8 Å². The summed E-state index contributed by atoms with van der Waals surface area (Å²) in [5.74, 6) is -1.12. The number of piperidine rings is 1. The monoisotopic (exact) mass is 285 g/mol. The minimum Gasteiger partial charge on any atom is -0.480 e. The molecule has 1 atom stereocenters. The number of carbonyl (C=O) groups excluding carboxylic acids is 2. The van der Waals surface area contributed by atoms with Gasteiger partial charge in [-0.2, -0.15) is 0 Å². The van der Waals surface area contributed by atoms with Crippen LogP contribution in [0.4, 0.5) is 4.79 Å². The maximum absolute atomic E-state index is 12.1. The number of nitrogens with zero attached hydrogens (tertiary/aromatic N) is 1. The number of nitrogens with one attached hydrogen (secondary N) is 2. The van der Waals surface area contributed by atoms with Crippen molar-refractivity contribution >= 4 is 17.9 Å². The van der Waals surface area contributed by atoms with E-state index in [0.29, 0.717) is 19.5 Å². The van der Waals surface area contributed by atoms with Crippen molar-refractivity contribution in [2.24, 2.45) is 0 Å². The minimum absolute atomic E-state index is 0.132. The van der Waals surface area contributed by atoms with Crippen LogP contribution in [-0.2, 0) is 9.59 Å². The molecule has 0 aromatic carbocycles. The molecule has 3 amide bonds. The fraction of sp³-hybridized carbons (Fsp3) is 0.769. The minimum atomic E-state index is -1.16. The van der Waals surface area contributed by atoms with Gasteiger partial charge < -0.3 is 20.6 Å². The van der Waals surface area contributed by atoms with Crippen molar-refractivity contribution < 1.29 is 19.5 Å². The molecule has 1 rings (SSSR count). The third-order valence-corrected chi connectivity index (χ3v) is 3.60. The zero-order valence-corrected chi connectivity index (χ0v) is 12.1. The number of aliphatic carboxylic acids is 1. The molecule has 7 nitrogen and oxygen atoms in total. The molecule has 114 valence electrons. The second-order valence-electron chi connectivity index (χ2n) is 5.12. The third-order valence-electron chi connectivity index (χ3n) is 3.60. The van der Waals surface area contributed by atoms with Crippen molar-refractivity contribution in [3.05, 3.63) is 0 Å². The number of amides is 3. The van der Waals surface area contributed by atoms with Crippen LogP contribution in [0.25, 0.3) is 0 Å². The number of likely N-dealkylation sites (tertiary alicyclic amines) is 1. The predicted molar refractivity (Wildman–Crippen MR) is 73.3 cm³/mol. The molecular formula is C13H23N3O4. The Morgan fingerprint density at radius 1 is 1.25 bits per heavy atom. The van der Waals surface area contributed by atoms with Crippen LogP contribution >= 0.6 is 0 Å². The Bertz CT molecular complexity index is 386. The summed E-state index contributed by atoms with van der Waals surface area (Å²) in [6, 6.07) is -0.418. The van der Waals surface area contributed by atoms with E-state index in [1.165, 1.54) is 4.90 Å². The average Bonchev–Trinajstić information content (AvgIpc) is 2.39. The van der Waals surface area contributed by atoms with Gasteiger partial charge in [0.05, 0.1) is 0 Å². The van der Waals surface area contributed by atoms with Crippen LogP contribution in [0.1, 0.15) is 39.5 Å². The van der Waals surface area contributed by atoms with E-state index in [-0.39, 0.29) is 18.9 Å². The van der Waals surface area contributed by atoms with Crippen molar-refractivity contribution in [3.63, 3.8) is 0 Å². The summed E-state index contributed by atoms with van der Waals surface area (Å²) in [5, 5.41) is 14.6. The van der Waals surface area contributed by atoms with Crippen molar-refractivity contribution in [2.75, 3.05) is 19.6 Å². The molecule has 0 spiro atoms. The van der Waals surface area contributed by atoms with E-state index in [9.17, 15) is 19.5 Å². The molecule has 1 saturated heterocycles. The van der Waals surface area contributed by atoms with Crippen LogP contribution in [0.15, 0.2) is 0 Å². The molecular weight excluding hydrogens is 262 g/mol. The molecule has 20 heavy (non-hydrogen) atoms. The summed E-state index contributed by atoms with van der Waals surface area (Å²) in [6.07, 6.45) is 2.24. The van der Waals surface area contributed by atoms with Gasteiger partial charge in [0.15, 0.2) is 0 Å². The van der Waals surface area contributed by atoms with Gasteiger partial charge in [-0.05, 0) is 33.1 Å². The number of urea groups is 1. The predicted octanol–water partition coefficient (Wildman–Crippen LogP) is 0.551. The zero-order chi connectivity index (χ0) is 15.2. The largest absolute Gasteiger partial charge is 0.480 e. The highest BCUT2D eigenvalue weighted by atomic mass is 16.4. The van der Waals surface area contributed by atoms with Gasteiger partial charge >= 0.3 is 12.0 Å². The lowest BCUT2D eigenvalue weighted by Gasteiger charge is -2.41. The van der Waals surface area contributed by atoms with Crippen LogP contribution in [-0.4, -0.2) is 53.1 Å². The molecule has 0 aliphatic carbocycles. The summed E-state index contributed by atoms with van der Waals surface area (Å²) in [7, 11) is 0. The van der Waals surface area contributed by atoms with Crippen molar-refractivity contribution in [3.8, 4) is 0 Å².